The highest BCUT2D eigenvalue weighted by atomic mass is 32.2. The summed E-state index contributed by atoms with van der Waals surface area (Å²) < 4.78 is 32.7. The van der Waals surface area contributed by atoms with E-state index in [1.54, 1.807) is 6.07 Å². The lowest BCUT2D eigenvalue weighted by atomic mass is 9.53. The molecule has 1 aromatic carbocycles. The van der Waals surface area contributed by atoms with E-state index in [-0.39, 0.29) is 22.9 Å². The van der Waals surface area contributed by atoms with Crippen LogP contribution in [0.3, 0.4) is 0 Å². The third-order valence-electron chi connectivity index (χ3n) is 7.76. The summed E-state index contributed by atoms with van der Waals surface area (Å²) in [5, 5.41) is 11.3. The average Bonchev–Trinajstić information content (AvgIpc) is 3.19. The van der Waals surface area contributed by atoms with Gasteiger partial charge < -0.3 is 14.9 Å². The third kappa shape index (κ3) is 3.89. The predicted octanol–water partition coefficient (Wildman–Crippen LogP) is 0.966. The lowest BCUT2D eigenvalue weighted by Gasteiger charge is -2.56. The Morgan fingerprint density at radius 2 is 1.79 bits per heavy atom. The van der Waals surface area contributed by atoms with Crippen molar-refractivity contribution in [3.8, 4) is 0 Å². The molecule has 33 heavy (non-hydrogen) atoms. The number of amides is 1. The van der Waals surface area contributed by atoms with Gasteiger partial charge in [0, 0.05) is 18.6 Å². The van der Waals surface area contributed by atoms with Crippen LogP contribution in [-0.2, 0) is 19.6 Å². The quantitative estimate of drug-likeness (QED) is 0.662. The minimum Gasteiger partial charge on any atom is -0.385 e. The minimum absolute atomic E-state index is 0.0843. The molecule has 4 saturated carbocycles. The zero-order valence-corrected chi connectivity index (χ0v) is 19.3. The van der Waals surface area contributed by atoms with Crippen molar-refractivity contribution in [1.29, 1.82) is 0 Å². The Labute approximate surface area is 192 Å². The Bertz CT molecular complexity index is 1140. The summed E-state index contributed by atoms with van der Waals surface area (Å²) in [5.74, 6) is 2.05. The summed E-state index contributed by atoms with van der Waals surface area (Å²) in [7, 11) is -3.66. The SMILES string of the molecule is O=C(COn1nnc2ccc(S(=O)(=O)N3CCOCC3)cc21)NC12CC3CC(CC(C3)C1)C2. The molecule has 4 bridgehead atoms. The fraction of sp³-hybridized carbons (Fsp3) is 0.682. The second-order valence-corrected chi connectivity index (χ2v) is 12.1. The molecule has 1 aliphatic heterocycles. The molecule has 1 aromatic heterocycles. The number of carbonyl (C=O) groups is 1. The monoisotopic (exact) mass is 475 g/mol. The molecule has 2 heterocycles. The van der Waals surface area contributed by atoms with Gasteiger partial charge in [0.25, 0.3) is 5.91 Å². The number of hydrogen-bond acceptors (Lipinski definition) is 7. The summed E-state index contributed by atoms with van der Waals surface area (Å²) in [6.45, 7) is 1.20. The number of ether oxygens (including phenoxy) is 1. The van der Waals surface area contributed by atoms with Crippen molar-refractivity contribution >= 4 is 27.0 Å². The van der Waals surface area contributed by atoms with Crippen LogP contribution in [0.15, 0.2) is 23.1 Å². The van der Waals surface area contributed by atoms with Gasteiger partial charge in [-0.15, -0.1) is 5.10 Å². The normalized spacial score (nSPS) is 31.7. The number of sulfonamides is 1. The number of nitrogens with zero attached hydrogens (tertiary/aromatic N) is 4. The van der Waals surface area contributed by atoms with Gasteiger partial charge in [-0.2, -0.15) is 4.31 Å². The summed E-state index contributed by atoms with van der Waals surface area (Å²) >= 11 is 0. The first kappa shape index (κ1) is 21.3. The number of hydrogen-bond donors (Lipinski definition) is 1. The Hall–Kier alpha value is -2.24. The maximum Gasteiger partial charge on any atom is 0.261 e. The minimum atomic E-state index is -3.66. The average molecular weight is 476 g/mol. The Balaban J connectivity index is 1.15. The van der Waals surface area contributed by atoms with E-state index in [1.807, 2.05) is 0 Å². The maximum atomic E-state index is 13.0. The molecule has 7 rings (SSSR count). The zero-order chi connectivity index (χ0) is 22.6. The second-order valence-electron chi connectivity index (χ2n) is 10.1. The van der Waals surface area contributed by atoms with Crippen molar-refractivity contribution in [2.45, 2.75) is 49.0 Å². The topological polar surface area (TPSA) is 116 Å². The van der Waals surface area contributed by atoms with Crippen molar-refractivity contribution < 1.29 is 22.8 Å². The molecule has 0 atom stereocenters. The highest BCUT2D eigenvalue weighted by molar-refractivity contribution is 7.89. The number of fused-ring (bicyclic) bond motifs is 1. The fourth-order valence-electron chi connectivity index (χ4n) is 6.79. The van der Waals surface area contributed by atoms with Gasteiger partial charge in [0.2, 0.25) is 10.0 Å². The lowest BCUT2D eigenvalue weighted by Crippen LogP contribution is -2.60. The molecule has 1 amide bonds. The van der Waals surface area contributed by atoms with Crippen LogP contribution < -0.4 is 10.2 Å². The van der Waals surface area contributed by atoms with Crippen molar-refractivity contribution in [2.75, 3.05) is 32.9 Å². The predicted molar refractivity (Wildman–Crippen MR) is 118 cm³/mol. The van der Waals surface area contributed by atoms with Gasteiger partial charge >= 0.3 is 0 Å². The van der Waals surface area contributed by atoms with E-state index in [1.165, 1.54) is 35.7 Å². The lowest BCUT2D eigenvalue weighted by molar-refractivity contribution is -0.132. The number of carbonyl (C=O) groups excluding carboxylic acids is 1. The highest BCUT2D eigenvalue weighted by Crippen LogP contribution is 2.55. The molecule has 1 saturated heterocycles. The molecule has 11 heteroatoms. The Morgan fingerprint density at radius 3 is 2.45 bits per heavy atom. The Kier molecular flexibility index (Phi) is 5.11. The Morgan fingerprint density at radius 1 is 1.12 bits per heavy atom. The summed E-state index contributed by atoms with van der Waals surface area (Å²) in [5.41, 5.74) is 0.823. The standard InChI is InChI=1S/C22H29N5O5S/c28-21(23-22-11-15-7-16(12-22)9-17(8-15)13-22)14-32-27-20-10-18(1-2-19(20)24-25-27)33(29,30)26-3-5-31-6-4-26/h1-2,10,15-17H,3-9,11-14H2,(H,23,28). The van der Waals surface area contributed by atoms with Crippen molar-refractivity contribution in [3.05, 3.63) is 18.2 Å². The molecule has 4 aliphatic carbocycles. The van der Waals surface area contributed by atoms with Crippen LogP contribution in [0, 0.1) is 17.8 Å². The molecule has 2 aromatic rings. The van der Waals surface area contributed by atoms with E-state index in [2.05, 4.69) is 15.6 Å². The van der Waals surface area contributed by atoms with Crippen LogP contribution in [0.1, 0.15) is 38.5 Å². The van der Waals surface area contributed by atoms with Crippen LogP contribution in [0.5, 0.6) is 0 Å². The van der Waals surface area contributed by atoms with Crippen LogP contribution in [0.2, 0.25) is 0 Å². The first-order valence-corrected chi connectivity index (χ1v) is 13.2. The van der Waals surface area contributed by atoms with Crippen molar-refractivity contribution in [2.24, 2.45) is 17.8 Å². The fourth-order valence-corrected chi connectivity index (χ4v) is 8.21. The summed E-state index contributed by atoms with van der Waals surface area (Å²) in [6.07, 6.45) is 7.14. The van der Waals surface area contributed by atoms with E-state index >= 15 is 0 Å². The van der Waals surface area contributed by atoms with E-state index < -0.39 is 10.0 Å². The number of rotatable bonds is 6. The van der Waals surface area contributed by atoms with E-state index in [0.29, 0.717) is 37.3 Å². The van der Waals surface area contributed by atoms with Gasteiger partial charge in [-0.25, -0.2) is 8.42 Å². The molecule has 0 radical (unpaired) electrons. The highest BCUT2D eigenvalue weighted by Gasteiger charge is 2.51. The van der Waals surface area contributed by atoms with Crippen molar-refractivity contribution in [3.63, 3.8) is 0 Å². The largest absolute Gasteiger partial charge is 0.385 e. The summed E-state index contributed by atoms with van der Waals surface area (Å²) in [4.78, 5) is 19.7. The van der Waals surface area contributed by atoms with Crippen molar-refractivity contribution in [1.82, 2.24) is 24.8 Å². The van der Waals surface area contributed by atoms with E-state index in [4.69, 9.17) is 9.57 Å². The molecule has 0 spiro atoms. The van der Waals surface area contributed by atoms with Gasteiger partial charge in [-0.05, 0) is 79.7 Å². The van der Waals surface area contributed by atoms with Crippen LogP contribution >= 0.6 is 0 Å². The van der Waals surface area contributed by atoms with Gasteiger partial charge in [-0.3, -0.25) is 4.79 Å². The summed E-state index contributed by atoms with van der Waals surface area (Å²) in [6, 6.07) is 4.62. The molecule has 1 N–H and O–H groups in total. The smallest absolute Gasteiger partial charge is 0.261 e. The number of aromatic nitrogens is 3. The second kappa shape index (κ2) is 7.92. The van der Waals surface area contributed by atoms with Gasteiger partial charge in [0.05, 0.1) is 18.1 Å². The van der Waals surface area contributed by atoms with E-state index in [0.717, 1.165) is 41.9 Å². The molecular weight excluding hydrogens is 446 g/mol. The van der Waals surface area contributed by atoms with Gasteiger partial charge in [-0.1, -0.05) is 4.85 Å². The first-order valence-electron chi connectivity index (χ1n) is 11.8. The van der Waals surface area contributed by atoms with Gasteiger partial charge in [0.15, 0.2) is 6.61 Å². The van der Waals surface area contributed by atoms with Crippen LogP contribution in [0.25, 0.3) is 11.0 Å². The molecule has 10 nitrogen and oxygen atoms in total. The molecule has 5 fully saturated rings. The first-order chi connectivity index (χ1) is 15.9. The number of benzene rings is 1. The third-order valence-corrected chi connectivity index (χ3v) is 9.65. The number of nitrogens with one attached hydrogen (secondary N) is 1. The number of morpholine rings is 1. The molecule has 0 unspecified atom stereocenters. The van der Waals surface area contributed by atoms with E-state index in [9.17, 15) is 13.2 Å². The zero-order valence-electron chi connectivity index (χ0n) is 18.5. The van der Waals surface area contributed by atoms with Gasteiger partial charge in [0.1, 0.15) is 11.0 Å². The molecule has 178 valence electrons. The molecule has 5 aliphatic rings. The van der Waals surface area contributed by atoms with Crippen LogP contribution in [-0.4, -0.2) is 72.2 Å². The maximum absolute atomic E-state index is 13.0. The molecular formula is C22H29N5O5S. The van der Waals surface area contributed by atoms with Crippen LogP contribution in [0.4, 0.5) is 0 Å².